The van der Waals surface area contributed by atoms with Crippen LogP contribution in [-0.4, -0.2) is 54.8 Å². The van der Waals surface area contributed by atoms with E-state index < -0.39 is 37.9 Å². The van der Waals surface area contributed by atoms with Crippen LogP contribution >= 0.6 is 0 Å². The van der Waals surface area contributed by atoms with Gasteiger partial charge in [-0.1, -0.05) is 0 Å². The zero-order valence-corrected chi connectivity index (χ0v) is 15.7. The molecule has 1 saturated heterocycles. The van der Waals surface area contributed by atoms with Crippen LogP contribution in [0.4, 0.5) is 13.2 Å². The SMILES string of the molecule is O=C(NC1CCN(C(=O)c2ccoc2)CC1)c1cccnc1S(=O)(=O)C(F)(F)F. The molecule has 1 aliphatic rings. The van der Waals surface area contributed by atoms with Gasteiger partial charge in [0, 0.05) is 25.3 Å². The normalized spacial score (nSPS) is 15.9. The van der Waals surface area contributed by atoms with E-state index in [0.717, 1.165) is 12.3 Å². The summed E-state index contributed by atoms with van der Waals surface area (Å²) in [5, 5.41) is 1.19. The average Bonchev–Trinajstić information content (AvgIpc) is 3.22. The number of furan rings is 1. The quantitative estimate of drug-likeness (QED) is 0.793. The van der Waals surface area contributed by atoms with Gasteiger partial charge in [0.25, 0.3) is 21.7 Å². The summed E-state index contributed by atoms with van der Waals surface area (Å²) in [6, 6.07) is 3.24. The number of sulfone groups is 1. The first-order chi connectivity index (χ1) is 13.6. The number of hydrogen-bond donors (Lipinski definition) is 1. The van der Waals surface area contributed by atoms with E-state index in [4.69, 9.17) is 4.42 Å². The van der Waals surface area contributed by atoms with Crippen molar-refractivity contribution in [3.05, 3.63) is 48.0 Å². The summed E-state index contributed by atoms with van der Waals surface area (Å²) in [5.74, 6) is -1.20. The van der Waals surface area contributed by atoms with Crippen molar-refractivity contribution in [3.63, 3.8) is 0 Å². The Hall–Kier alpha value is -2.89. The molecule has 0 unspecified atom stereocenters. The predicted molar refractivity (Wildman–Crippen MR) is 92.6 cm³/mol. The highest BCUT2D eigenvalue weighted by Gasteiger charge is 2.49. The fourth-order valence-corrected chi connectivity index (χ4v) is 3.82. The lowest BCUT2D eigenvalue weighted by Crippen LogP contribution is -2.46. The van der Waals surface area contributed by atoms with E-state index >= 15 is 0 Å². The highest BCUT2D eigenvalue weighted by atomic mass is 32.2. The molecule has 12 heteroatoms. The first-order valence-electron chi connectivity index (χ1n) is 8.50. The molecule has 2 aromatic heterocycles. The number of halogens is 3. The molecule has 2 amide bonds. The molecule has 1 N–H and O–H groups in total. The fraction of sp³-hybridized carbons (Fsp3) is 0.353. The van der Waals surface area contributed by atoms with Crippen molar-refractivity contribution in [1.82, 2.24) is 15.2 Å². The van der Waals surface area contributed by atoms with E-state index in [1.807, 2.05) is 0 Å². The summed E-state index contributed by atoms with van der Waals surface area (Å²) in [6.45, 7) is 0.630. The van der Waals surface area contributed by atoms with Gasteiger partial charge in [0.1, 0.15) is 6.26 Å². The van der Waals surface area contributed by atoms with Crippen LogP contribution < -0.4 is 5.32 Å². The number of carbonyl (C=O) groups excluding carboxylic acids is 2. The Morgan fingerprint density at radius 2 is 1.90 bits per heavy atom. The third-order valence-electron chi connectivity index (χ3n) is 4.46. The zero-order valence-electron chi connectivity index (χ0n) is 14.8. The van der Waals surface area contributed by atoms with Crippen LogP contribution in [0.3, 0.4) is 0 Å². The Labute approximate surface area is 163 Å². The monoisotopic (exact) mass is 431 g/mol. The molecule has 2 aromatic rings. The molecule has 1 aliphatic heterocycles. The first-order valence-corrected chi connectivity index (χ1v) is 9.98. The molecule has 0 spiro atoms. The van der Waals surface area contributed by atoms with E-state index in [2.05, 4.69) is 10.3 Å². The van der Waals surface area contributed by atoms with Crippen LogP contribution in [0.2, 0.25) is 0 Å². The second-order valence-corrected chi connectivity index (χ2v) is 8.21. The van der Waals surface area contributed by atoms with Crippen LogP contribution in [0.5, 0.6) is 0 Å². The number of carbonyl (C=O) groups is 2. The van der Waals surface area contributed by atoms with Crippen molar-refractivity contribution in [2.75, 3.05) is 13.1 Å². The molecular weight excluding hydrogens is 415 g/mol. The molecule has 1 fully saturated rings. The third kappa shape index (κ3) is 4.26. The van der Waals surface area contributed by atoms with Gasteiger partial charge in [-0.25, -0.2) is 13.4 Å². The maximum absolute atomic E-state index is 12.9. The minimum Gasteiger partial charge on any atom is -0.472 e. The minimum absolute atomic E-state index is 0.227. The number of hydrogen-bond acceptors (Lipinski definition) is 6. The van der Waals surface area contributed by atoms with Crippen LogP contribution in [0.15, 0.2) is 46.4 Å². The smallest absolute Gasteiger partial charge is 0.472 e. The number of alkyl halides is 3. The summed E-state index contributed by atoms with van der Waals surface area (Å²) in [7, 11) is -5.77. The number of pyridine rings is 1. The number of rotatable bonds is 4. The molecule has 0 aliphatic carbocycles. The lowest BCUT2D eigenvalue weighted by Gasteiger charge is -2.32. The van der Waals surface area contributed by atoms with Gasteiger partial charge in [-0.15, -0.1) is 0 Å². The van der Waals surface area contributed by atoms with Crippen molar-refractivity contribution in [1.29, 1.82) is 0 Å². The van der Waals surface area contributed by atoms with Crippen LogP contribution in [0, 0.1) is 0 Å². The summed E-state index contributed by atoms with van der Waals surface area (Å²) in [5.41, 5.74) is -5.86. The zero-order chi connectivity index (χ0) is 21.2. The standard InChI is InChI=1S/C17H16F3N3O5S/c18-17(19,20)29(26,27)15-13(2-1-6-21-15)14(24)22-12-3-7-23(8-4-12)16(25)11-5-9-28-10-11/h1-2,5-6,9-10,12H,3-4,7-8H2,(H,22,24). The molecular formula is C17H16F3N3O5S. The van der Waals surface area contributed by atoms with Crippen molar-refractivity contribution < 1.29 is 35.6 Å². The molecule has 0 radical (unpaired) electrons. The van der Waals surface area contributed by atoms with Gasteiger partial charge < -0.3 is 14.6 Å². The molecule has 0 saturated carbocycles. The number of nitrogens with one attached hydrogen (secondary N) is 1. The van der Waals surface area contributed by atoms with E-state index in [9.17, 15) is 31.2 Å². The summed E-state index contributed by atoms with van der Waals surface area (Å²) in [4.78, 5) is 29.5. The van der Waals surface area contributed by atoms with E-state index in [-0.39, 0.29) is 5.91 Å². The average molecular weight is 431 g/mol. The van der Waals surface area contributed by atoms with E-state index in [1.54, 1.807) is 4.90 Å². The predicted octanol–water partition coefficient (Wildman–Crippen LogP) is 2.00. The van der Waals surface area contributed by atoms with Crippen LogP contribution in [0.25, 0.3) is 0 Å². The molecule has 0 atom stereocenters. The van der Waals surface area contributed by atoms with Crippen molar-refractivity contribution in [2.45, 2.75) is 29.4 Å². The summed E-state index contributed by atoms with van der Waals surface area (Å²) >= 11 is 0. The van der Waals surface area contributed by atoms with Gasteiger partial charge in [0.05, 0.1) is 17.4 Å². The van der Waals surface area contributed by atoms with Gasteiger partial charge >= 0.3 is 5.51 Å². The van der Waals surface area contributed by atoms with Gasteiger partial charge in [-0.05, 0) is 31.0 Å². The molecule has 3 rings (SSSR count). The minimum atomic E-state index is -5.77. The fourth-order valence-electron chi connectivity index (χ4n) is 2.95. The highest BCUT2D eigenvalue weighted by molar-refractivity contribution is 7.92. The largest absolute Gasteiger partial charge is 0.503 e. The molecule has 0 aromatic carbocycles. The first kappa shape index (κ1) is 20.8. The second kappa shape index (κ2) is 7.85. The summed E-state index contributed by atoms with van der Waals surface area (Å²) < 4.78 is 66.8. The highest BCUT2D eigenvalue weighted by Crippen LogP contribution is 2.30. The van der Waals surface area contributed by atoms with Crippen LogP contribution in [-0.2, 0) is 9.84 Å². The topological polar surface area (TPSA) is 110 Å². The van der Waals surface area contributed by atoms with Gasteiger partial charge in [-0.3, -0.25) is 9.59 Å². The van der Waals surface area contributed by atoms with Gasteiger partial charge in [0.15, 0.2) is 5.03 Å². The molecule has 3 heterocycles. The molecule has 156 valence electrons. The third-order valence-corrected chi connectivity index (χ3v) is 5.90. The maximum Gasteiger partial charge on any atom is 0.503 e. The van der Waals surface area contributed by atoms with E-state index in [1.165, 1.54) is 24.7 Å². The van der Waals surface area contributed by atoms with Crippen molar-refractivity contribution >= 4 is 21.7 Å². The number of amides is 2. The Morgan fingerprint density at radius 3 is 2.48 bits per heavy atom. The lowest BCUT2D eigenvalue weighted by molar-refractivity contribution is -0.0438. The molecule has 29 heavy (non-hydrogen) atoms. The number of piperidine rings is 1. The van der Waals surface area contributed by atoms with Gasteiger partial charge in [0.2, 0.25) is 0 Å². The number of likely N-dealkylation sites (tertiary alicyclic amines) is 1. The van der Waals surface area contributed by atoms with Crippen LogP contribution in [0.1, 0.15) is 33.6 Å². The molecule has 0 bridgehead atoms. The van der Waals surface area contributed by atoms with Crippen molar-refractivity contribution in [3.8, 4) is 0 Å². The lowest BCUT2D eigenvalue weighted by atomic mass is 10.0. The van der Waals surface area contributed by atoms with E-state index in [0.29, 0.717) is 31.5 Å². The Bertz CT molecular complexity index is 998. The maximum atomic E-state index is 12.9. The second-order valence-electron chi connectivity index (χ2n) is 6.36. The molecule has 8 nitrogen and oxygen atoms in total. The van der Waals surface area contributed by atoms with Gasteiger partial charge in [-0.2, -0.15) is 13.2 Å². The summed E-state index contributed by atoms with van der Waals surface area (Å²) in [6.07, 6.45) is 4.28. The Morgan fingerprint density at radius 1 is 1.21 bits per heavy atom. The number of nitrogens with zero attached hydrogens (tertiary/aromatic N) is 2. The Balaban J connectivity index is 1.68. The number of aromatic nitrogens is 1. The Kier molecular flexibility index (Phi) is 5.64. The van der Waals surface area contributed by atoms with Crippen molar-refractivity contribution in [2.24, 2.45) is 0 Å².